The monoisotopic (exact) mass is 391 g/mol. The number of aromatic amines is 1. The van der Waals surface area contributed by atoms with E-state index in [0.29, 0.717) is 34.0 Å². The molecule has 3 N–H and O–H groups in total. The number of nitrogens with zero attached hydrogens (tertiary/aromatic N) is 5. The fraction of sp³-hybridized carbons (Fsp3) is 0.412. The Kier molecular flexibility index (Phi) is 4.46. The fourth-order valence-electron chi connectivity index (χ4n) is 3.21. The quantitative estimate of drug-likeness (QED) is 0.664. The molecule has 0 atom stereocenters. The topological polar surface area (TPSA) is 96.6 Å². The average Bonchev–Trinajstić information content (AvgIpc) is 3.07. The van der Waals surface area contributed by atoms with Crippen LogP contribution in [-0.2, 0) is 0 Å². The third kappa shape index (κ3) is 3.00. The largest absolute Gasteiger partial charge is 0.355 e. The Bertz CT molecular complexity index is 947. The van der Waals surface area contributed by atoms with Gasteiger partial charge in [-0.1, -0.05) is 30.1 Å². The summed E-state index contributed by atoms with van der Waals surface area (Å²) >= 11 is 12.3. The number of piperidine rings is 1. The molecule has 0 aliphatic carbocycles. The van der Waals surface area contributed by atoms with E-state index in [-0.39, 0.29) is 10.6 Å². The van der Waals surface area contributed by atoms with Crippen molar-refractivity contribution in [3.8, 4) is 11.3 Å². The maximum Gasteiger partial charge on any atom is 0.177 e. The van der Waals surface area contributed by atoms with Gasteiger partial charge in [0.15, 0.2) is 5.65 Å². The first-order valence-corrected chi connectivity index (χ1v) is 9.23. The summed E-state index contributed by atoms with van der Waals surface area (Å²) in [4.78, 5) is 15.5. The van der Waals surface area contributed by atoms with Crippen LogP contribution in [0.1, 0.15) is 19.8 Å². The minimum atomic E-state index is 0.215. The van der Waals surface area contributed by atoms with E-state index >= 15 is 0 Å². The van der Waals surface area contributed by atoms with Gasteiger partial charge in [0.05, 0.1) is 11.2 Å². The zero-order chi connectivity index (χ0) is 18.3. The Hall–Kier alpha value is -1.96. The van der Waals surface area contributed by atoms with Gasteiger partial charge in [-0.15, -0.1) is 0 Å². The second-order valence-corrected chi connectivity index (χ2v) is 7.70. The van der Waals surface area contributed by atoms with E-state index in [0.717, 1.165) is 31.7 Å². The molecular formula is C17H19Cl2N7. The Balaban J connectivity index is 1.65. The highest BCUT2D eigenvalue weighted by Gasteiger charge is 2.29. The molecule has 4 rings (SSSR count). The van der Waals surface area contributed by atoms with E-state index in [9.17, 15) is 0 Å². The molecule has 136 valence electrons. The predicted octanol–water partition coefficient (Wildman–Crippen LogP) is 3.29. The molecule has 3 aromatic heterocycles. The van der Waals surface area contributed by atoms with Crippen LogP contribution in [0.15, 0.2) is 18.5 Å². The number of nitrogens with one attached hydrogen (secondary N) is 1. The van der Waals surface area contributed by atoms with Crippen LogP contribution in [-0.4, -0.2) is 44.8 Å². The van der Waals surface area contributed by atoms with Crippen LogP contribution >= 0.6 is 23.2 Å². The molecule has 1 fully saturated rings. The molecular weight excluding hydrogens is 373 g/mol. The van der Waals surface area contributed by atoms with Crippen LogP contribution in [0.4, 0.5) is 5.82 Å². The Morgan fingerprint density at radius 3 is 2.77 bits per heavy atom. The molecule has 0 saturated carbocycles. The smallest absolute Gasteiger partial charge is 0.177 e. The van der Waals surface area contributed by atoms with E-state index in [1.54, 1.807) is 18.5 Å². The lowest BCUT2D eigenvalue weighted by molar-refractivity contribution is 0.258. The maximum absolute atomic E-state index is 6.26. The lowest BCUT2D eigenvalue weighted by Gasteiger charge is -2.39. The first-order valence-electron chi connectivity index (χ1n) is 8.47. The van der Waals surface area contributed by atoms with Gasteiger partial charge in [-0.25, -0.2) is 15.0 Å². The average molecular weight is 392 g/mol. The van der Waals surface area contributed by atoms with E-state index in [1.807, 2.05) is 0 Å². The number of halogens is 2. The predicted molar refractivity (Wildman–Crippen MR) is 104 cm³/mol. The van der Waals surface area contributed by atoms with Crippen molar-refractivity contribution < 1.29 is 0 Å². The SMILES string of the molecule is CC1(CN)CCN(c2cnc3c(-c4ccnc(Cl)c4Cl)n[nH]c3n2)CC1. The zero-order valence-corrected chi connectivity index (χ0v) is 15.8. The van der Waals surface area contributed by atoms with E-state index in [1.165, 1.54) is 0 Å². The molecule has 1 saturated heterocycles. The van der Waals surface area contributed by atoms with Crippen LogP contribution in [0, 0.1) is 5.41 Å². The zero-order valence-electron chi connectivity index (χ0n) is 14.3. The van der Waals surface area contributed by atoms with Crippen molar-refractivity contribution in [2.24, 2.45) is 11.1 Å². The minimum Gasteiger partial charge on any atom is -0.355 e. The maximum atomic E-state index is 6.26. The van der Waals surface area contributed by atoms with E-state index in [2.05, 4.69) is 32.0 Å². The first kappa shape index (κ1) is 17.5. The molecule has 0 spiro atoms. The van der Waals surface area contributed by atoms with Gasteiger partial charge in [0, 0.05) is 24.8 Å². The highest BCUT2D eigenvalue weighted by Crippen LogP contribution is 2.35. The lowest BCUT2D eigenvalue weighted by atomic mass is 9.80. The molecule has 1 aliphatic heterocycles. The van der Waals surface area contributed by atoms with Crippen LogP contribution in [0.5, 0.6) is 0 Å². The number of rotatable bonds is 3. The van der Waals surface area contributed by atoms with Crippen molar-refractivity contribution in [1.82, 2.24) is 25.1 Å². The van der Waals surface area contributed by atoms with Gasteiger partial charge in [0.1, 0.15) is 22.2 Å². The van der Waals surface area contributed by atoms with Gasteiger partial charge >= 0.3 is 0 Å². The number of hydrogen-bond acceptors (Lipinski definition) is 6. The van der Waals surface area contributed by atoms with Crippen molar-refractivity contribution in [3.05, 3.63) is 28.6 Å². The fourth-order valence-corrected chi connectivity index (χ4v) is 3.57. The normalized spacial score (nSPS) is 17.0. The number of pyridine rings is 1. The van der Waals surface area contributed by atoms with Crippen LogP contribution in [0.3, 0.4) is 0 Å². The van der Waals surface area contributed by atoms with Crippen molar-refractivity contribution in [2.45, 2.75) is 19.8 Å². The number of aromatic nitrogens is 5. The van der Waals surface area contributed by atoms with Crippen LogP contribution in [0.2, 0.25) is 10.2 Å². The van der Waals surface area contributed by atoms with Gasteiger partial charge in [-0.3, -0.25) is 5.10 Å². The van der Waals surface area contributed by atoms with E-state index < -0.39 is 0 Å². The summed E-state index contributed by atoms with van der Waals surface area (Å²) in [6, 6.07) is 1.76. The van der Waals surface area contributed by atoms with Crippen molar-refractivity contribution >= 4 is 40.2 Å². The number of hydrogen-bond donors (Lipinski definition) is 2. The highest BCUT2D eigenvalue weighted by atomic mass is 35.5. The molecule has 0 bridgehead atoms. The van der Waals surface area contributed by atoms with Gasteiger partial charge in [0.2, 0.25) is 0 Å². The molecule has 9 heteroatoms. The third-order valence-electron chi connectivity index (χ3n) is 5.15. The van der Waals surface area contributed by atoms with Gasteiger partial charge in [-0.2, -0.15) is 5.10 Å². The van der Waals surface area contributed by atoms with Gasteiger partial charge in [-0.05, 0) is 30.9 Å². The lowest BCUT2D eigenvalue weighted by Crippen LogP contribution is -2.42. The summed E-state index contributed by atoms with van der Waals surface area (Å²) in [5.41, 5.74) is 8.67. The molecule has 0 amide bonds. The molecule has 3 aromatic rings. The number of fused-ring (bicyclic) bond motifs is 1. The van der Waals surface area contributed by atoms with Crippen molar-refractivity contribution in [2.75, 3.05) is 24.5 Å². The Morgan fingerprint density at radius 2 is 2.04 bits per heavy atom. The Labute approximate surface area is 160 Å². The number of nitrogens with two attached hydrogens (primary N) is 1. The third-order valence-corrected chi connectivity index (χ3v) is 5.91. The molecule has 4 heterocycles. The summed E-state index contributed by atoms with van der Waals surface area (Å²) in [5, 5.41) is 7.87. The molecule has 1 aliphatic rings. The van der Waals surface area contributed by atoms with Gasteiger partial charge in [0.25, 0.3) is 0 Å². The summed E-state index contributed by atoms with van der Waals surface area (Å²) in [6.45, 7) is 4.79. The van der Waals surface area contributed by atoms with E-state index in [4.69, 9.17) is 33.9 Å². The number of H-pyrrole nitrogens is 1. The summed E-state index contributed by atoms with van der Waals surface area (Å²) in [5.74, 6) is 0.839. The second kappa shape index (κ2) is 6.64. The molecule has 7 nitrogen and oxygen atoms in total. The second-order valence-electron chi connectivity index (χ2n) is 6.96. The van der Waals surface area contributed by atoms with Gasteiger partial charge < -0.3 is 10.6 Å². The van der Waals surface area contributed by atoms with Crippen LogP contribution < -0.4 is 10.6 Å². The summed E-state index contributed by atoms with van der Waals surface area (Å²) < 4.78 is 0. The number of anilines is 1. The molecule has 0 unspecified atom stereocenters. The highest BCUT2D eigenvalue weighted by molar-refractivity contribution is 6.43. The molecule has 26 heavy (non-hydrogen) atoms. The van der Waals surface area contributed by atoms with Crippen molar-refractivity contribution in [3.63, 3.8) is 0 Å². The van der Waals surface area contributed by atoms with Crippen LogP contribution in [0.25, 0.3) is 22.4 Å². The van der Waals surface area contributed by atoms with Crippen molar-refractivity contribution in [1.29, 1.82) is 0 Å². The Morgan fingerprint density at radius 1 is 1.27 bits per heavy atom. The molecule has 0 aromatic carbocycles. The standard InChI is InChI=1S/C17H19Cl2N7/c1-17(9-20)3-6-26(7-4-17)11-8-22-14-13(24-25-16(14)23-11)10-2-5-21-15(19)12(10)18/h2,5,8H,3-4,6-7,9,20H2,1H3,(H,23,24,25). The summed E-state index contributed by atoms with van der Waals surface area (Å²) in [7, 11) is 0. The molecule has 0 radical (unpaired) electrons. The minimum absolute atomic E-state index is 0.215. The first-order chi connectivity index (χ1) is 12.5. The summed E-state index contributed by atoms with van der Waals surface area (Å²) in [6.07, 6.45) is 5.46.